The predicted molar refractivity (Wildman–Crippen MR) is 109 cm³/mol. The zero-order valence-corrected chi connectivity index (χ0v) is 17.3. The van der Waals surface area contributed by atoms with Crippen LogP contribution in [0.3, 0.4) is 0 Å². The normalized spacial score (nSPS) is 18.5. The summed E-state index contributed by atoms with van der Waals surface area (Å²) in [5, 5.41) is 30.7. The van der Waals surface area contributed by atoms with E-state index in [1.54, 1.807) is 19.9 Å². The molecule has 2 atom stereocenters. The topological polar surface area (TPSA) is 98.6 Å². The number of carbonyl (C=O) groups is 1. The number of carboxylic acids is 1. The lowest BCUT2D eigenvalue weighted by Crippen LogP contribution is -2.44. The molecular weight excluding hydrogens is 413 g/mol. The molecule has 1 saturated heterocycles. The fourth-order valence-corrected chi connectivity index (χ4v) is 3.74. The highest BCUT2D eigenvalue weighted by molar-refractivity contribution is 5.71. The highest BCUT2D eigenvalue weighted by Gasteiger charge is 2.31. The Morgan fingerprint density at radius 1 is 1.32 bits per heavy atom. The van der Waals surface area contributed by atoms with Crippen LogP contribution in [0.5, 0.6) is 5.75 Å². The Morgan fingerprint density at radius 3 is 2.68 bits per heavy atom. The summed E-state index contributed by atoms with van der Waals surface area (Å²) >= 11 is 0. The van der Waals surface area contributed by atoms with Crippen molar-refractivity contribution in [2.24, 2.45) is 5.92 Å². The van der Waals surface area contributed by atoms with E-state index in [-0.39, 0.29) is 11.6 Å². The number of hydrogen-bond donors (Lipinski definition) is 3. The van der Waals surface area contributed by atoms with Gasteiger partial charge in [0.15, 0.2) is 0 Å². The second-order valence-electron chi connectivity index (χ2n) is 7.97. The van der Waals surface area contributed by atoms with Crippen LogP contribution in [0.4, 0.5) is 19.0 Å². The predicted octanol–water partition coefficient (Wildman–Crippen LogP) is 3.77. The number of hydrogen-bond acceptors (Lipinski definition) is 6. The van der Waals surface area contributed by atoms with Crippen molar-refractivity contribution in [3.63, 3.8) is 0 Å². The number of aromatic hydroxyl groups is 1. The molecule has 1 unspecified atom stereocenters. The second kappa shape index (κ2) is 9.09. The fourth-order valence-electron chi connectivity index (χ4n) is 3.74. The number of piperidine rings is 1. The van der Waals surface area contributed by atoms with Crippen LogP contribution in [0, 0.1) is 12.8 Å². The Bertz CT molecular complexity index is 952. The summed E-state index contributed by atoms with van der Waals surface area (Å²) in [7, 11) is 0. The van der Waals surface area contributed by atoms with Crippen LogP contribution >= 0.6 is 0 Å². The fraction of sp³-hybridized carbons (Fsp3) is 0.476. The highest BCUT2D eigenvalue weighted by Crippen LogP contribution is 2.36. The van der Waals surface area contributed by atoms with E-state index in [0.29, 0.717) is 36.2 Å². The monoisotopic (exact) mass is 438 g/mol. The van der Waals surface area contributed by atoms with E-state index in [4.69, 9.17) is 5.11 Å². The first-order chi connectivity index (χ1) is 14.5. The number of carboxylic acid groups (broad SMARTS) is 1. The maximum Gasteiger partial charge on any atom is 0.416 e. The molecule has 1 aliphatic rings. The lowest BCUT2D eigenvalue weighted by Gasteiger charge is -2.34. The summed E-state index contributed by atoms with van der Waals surface area (Å²) in [4.78, 5) is 13.2. The van der Waals surface area contributed by atoms with Gasteiger partial charge in [0.1, 0.15) is 11.6 Å². The Kier molecular flexibility index (Phi) is 6.68. The molecule has 2 heterocycles. The molecule has 2 aromatic rings. The lowest BCUT2D eigenvalue weighted by molar-refractivity contribution is -0.142. The standard InChI is InChI=1S/C21H25F3N4O3/c1-12-8-18(25-15-4-3-7-28(11-15)10-13(2)20(30)31)26-27-19(12)16-6-5-14(9-17(16)29)21(22,23)24/h5-6,8-9,13,15,29H,3-4,7,10-11H2,1-2H3,(H,25,26)(H,30,31)/t13?,15-/m1/s1. The van der Waals surface area contributed by atoms with Crippen LogP contribution in [0.1, 0.15) is 30.9 Å². The zero-order valence-electron chi connectivity index (χ0n) is 17.3. The van der Waals surface area contributed by atoms with Gasteiger partial charge in [-0.15, -0.1) is 10.2 Å². The Hall–Kier alpha value is -2.88. The highest BCUT2D eigenvalue weighted by atomic mass is 19.4. The third-order valence-electron chi connectivity index (χ3n) is 5.38. The molecule has 1 fully saturated rings. The van der Waals surface area contributed by atoms with Crippen molar-refractivity contribution in [1.82, 2.24) is 15.1 Å². The number of nitrogens with zero attached hydrogens (tertiary/aromatic N) is 3. The third-order valence-corrected chi connectivity index (χ3v) is 5.38. The first kappa shape index (κ1) is 22.8. The van der Waals surface area contributed by atoms with Crippen molar-refractivity contribution in [2.45, 2.75) is 38.9 Å². The van der Waals surface area contributed by atoms with Crippen LogP contribution in [0.15, 0.2) is 24.3 Å². The summed E-state index contributed by atoms with van der Waals surface area (Å²) in [6, 6.07) is 4.58. The number of benzene rings is 1. The minimum atomic E-state index is -4.54. The molecule has 31 heavy (non-hydrogen) atoms. The second-order valence-corrected chi connectivity index (χ2v) is 7.97. The number of rotatable bonds is 6. The van der Waals surface area contributed by atoms with Gasteiger partial charge in [-0.2, -0.15) is 13.2 Å². The molecule has 0 amide bonds. The van der Waals surface area contributed by atoms with Gasteiger partial charge in [-0.25, -0.2) is 0 Å². The average Bonchev–Trinajstić information content (AvgIpc) is 2.68. The van der Waals surface area contributed by atoms with Crippen LogP contribution in [0.2, 0.25) is 0 Å². The quantitative estimate of drug-likeness (QED) is 0.631. The Morgan fingerprint density at radius 2 is 2.06 bits per heavy atom. The lowest BCUT2D eigenvalue weighted by atomic mass is 10.0. The molecule has 0 saturated carbocycles. The van der Waals surface area contributed by atoms with Crippen LogP contribution in [-0.4, -0.2) is 57.0 Å². The number of likely N-dealkylation sites (tertiary alicyclic amines) is 1. The first-order valence-corrected chi connectivity index (χ1v) is 10.0. The molecule has 0 spiro atoms. The summed E-state index contributed by atoms with van der Waals surface area (Å²) < 4.78 is 38.4. The summed E-state index contributed by atoms with van der Waals surface area (Å²) in [5.74, 6) is -1.26. The van der Waals surface area contributed by atoms with E-state index in [1.165, 1.54) is 6.07 Å². The summed E-state index contributed by atoms with van der Waals surface area (Å²) in [6.07, 6.45) is -2.71. The Labute approximate surface area is 177 Å². The smallest absolute Gasteiger partial charge is 0.416 e. The maximum absolute atomic E-state index is 12.8. The van der Waals surface area contributed by atoms with E-state index >= 15 is 0 Å². The third kappa shape index (κ3) is 5.63. The zero-order chi connectivity index (χ0) is 22.8. The van der Waals surface area contributed by atoms with Crippen molar-refractivity contribution in [1.29, 1.82) is 0 Å². The SMILES string of the molecule is Cc1cc(N[C@@H]2CCCN(CC(C)C(=O)O)C2)nnc1-c1ccc(C(F)(F)F)cc1O. The number of anilines is 1. The van der Waals surface area contributed by atoms with E-state index < -0.39 is 29.4 Å². The molecule has 3 rings (SSSR count). The van der Waals surface area contributed by atoms with Gasteiger partial charge in [0.05, 0.1) is 17.2 Å². The number of nitrogens with one attached hydrogen (secondary N) is 1. The molecule has 7 nitrogen and oxygen atoms in total. The van der Waals surface area contributed by atoms with Crippen LogP contribution in [-0.2, 0) is 11.0 Å². The molecule has 1 aromatic carbocycles. The van der Waals surface area contributed by atoms with E-state index in [0.717, 1.165) is 25.5 Å². The van der Waals surface area contributed by atoms with Crippen molar-refractivity contribution >= 4 is 11.8 Å². The number of aromatic nitrogens is 2. The molecule has 1 aliphatic heterocycles. The number of phenols is 1. The molecule has 168 valence electrons. The van der Waals surface area contributed by atoms with Gasteiger partial charge >= 0.3 is 12.1 Å². The minimum Gasteiger partial charge on any atom is -0.507 e. The number of alkyl halides is 3. The molecular formula is C21H25F3N4O3. The molecule has 10 heteroatoms. The van der Waals surface area contributed by atoms with Crippen molar-refractivity contribution in [3.8, 4) is 17.0 Å². The minimum absolute atomic E-state index is 0.0776. The van der Waals surface area contributed by atoms with Gasteiger partial charge in [-0.3, -0.25) is 4.79 Å². The van der Waals surface area contributed by atoms with E-state index in [9.17, 15) is 23.1 Å². The molecule has 1 aromatic heterocycles. The number of aliphatic carboxylic acids is 1. The van der Waals surface area contributed by atoms with Gasteiger partial charge < -0.3 is 20.4 Å². The first-order valence-electron chi connectivity index (χ1n) is 10.0. The van der Waals surface area contributed by atoms with Gasteiger partial charge in [0, 0.05) is 24.7 Å². The number of halogens is 3. The Balaban J connectivity index is 1.71. The van der Waals surface area contributed by atoms with Crippen LogP contribution in [0.25, 0.3) is 11.3 Å². The van der Waals surface area contributed by atoms with Gasteiger partial charge in [-0.1, -0.05) is 6.92 Å². The molecule has 3 N–H and O–H groups in total. The summed E-state index contributed by atoms with van der Waals surface area (Å²) in [6.45, 7) is 5.43. The molecule has 0 aliphatic carbocycles. The average molecular weight is 438 g/mol. The molecule has 0 bridgehead atoms. The van der Waals surface area contributed by atoms with Crippen LogP contribution < -0.4 is 5.32 Å². The van der Waals surface area contributed by atoms with Gasteiger partial charge in [0.25, 0.3) is 0 Å². The van der Waals surface area contributed by atoms with Gasteiger partial charge in [-0.05, 0) is 56.1 Å². The van der Waals surface area contributed by atoms with E-state index in [1.807, 2.05) is 0 Å². The van der Waals surface area contributed by atoms with Crippen molar-refractivity contribution in [3.05, 3.63) is 35.4 Å². The van der Waals surface area contributed by atoms with Gasteiger partial charge in [0.2, 0.25) is 0 Å². The maximum atomic E-state index is 12.8. The summed E-state index contributed by atoms with van der Waals surface area (Å²) in [5.41, 5.74) is 0.199. The van der Waals surface area contributed by atoms with E-state index in [2.05, 4.69) is 20.4 Å². The number of phenolic OH excluding ortho intramolecular Hbond substituents is 1. The molecule has 0 radical (unpaired) electrons. The number of aryl methyl sites for hydroxylation is 1. The van der Waals surface area contributed by atoms with Crippen molar-refractivity contribution in [2.75, 3.05) is 25.0 Å². The largest absolute Gasteiger partial charge is 0.507 e. The van der Waals surface area contributed by atoms with Crippen molar-refractivity contribution < 1.29 is 28.2 Å².